The Morgan fingerprint density at radius 3 is 2.57 bits per heavy atom. The van der Waals surface area contributed by atoms with Crippen LogP contribution in [0.15, 0.2) is 23.0 Å². The number of H-pyrrole nitrogens is 1. The van der Waals surface area contributed by atoms with Crippen molar-refractivity contribution in [3.05, 3.63) is 50.9 Å². The first kappa shape index (κ1) is 15.0. The maximum absolute atomic E-state index is 12.2. The Bertz CT molecular complexity index is 854. The highest BCUT2D eigenvalue weighted by Gasteiger charge is 2.39. The van der Waals surface area contributed by atoms with Gasteiger partial charge in [0.05, 0.1) is 14.2 Å². The van der Waals surface area contributed by atoms with Gasteiger partial charge in [-0.05, 0) is 19.1 Å². The molecule has 2 N–H and O–H groups in total. The minimum absolute atomic E-state index is 0.0186. The van der Waals surface area contributed by atoms with Crippen molar-refractivity contribution in [2.24, 2.45) is 0 Å². The molecule has 0 amide bonds. The van der Waals surface area contributed by atoms with Crippen LogP contribution >= 0.6 is 0 Å². The van der Waals surface area contributed by atoms with Crippen molar-refractivity contribution in [1.29, 1.82) is 0 Å². The molecule has 0 aliphatic carbocycles. The average molecular weight is 317 g/mol. The number of aryl methyl sites for hydroxylation is 1. The van der Waals surface area contributed by atoms with Crippen LogP contribution in [0.1, 0.15) is 33.3 Å². The van der Waals surface area contributed by atoms with Gasteiger partial charge in [0.2, 0.25) is 0 Å². The van der Waals surface area contributed by atoms with Gasteiger partial charge in [-0.1, -0.05) is 6.07 Å². The van der Waals surface area contributed by atoms with E-state index in [1.54, 1.807) is 19.1 Å². The highest BCUT2D eigenvalue weighted by atomic mass is 16.6. The van der Waals surface area contributed by atoms with E-state index in [4.69, 9.17) is 14.2 Å². The van der Waals surface area contributed by atoms with Gasteiger partial charge >= 0.3 is 5.97 Å². The van der Waals surface area contributed by atoms with E-state index in [1.165, 1.54) is 20.3 Å². The number of fused-ring (bicyclic) bond motifs is 1. The zero-order chi connectivity index (χ0) is 16.7. The normalized spacial score (nSPS) is 16.0. The van der Waals surface area contributed by atoms with Crippen LogP contribution in [0.4, 0.5) is 0 Å². The largest absolute Gasteiger partial charge is 0.507 e. The molecule has 0 saturated carbocycles. The minimum atomic E-state index is -0.998. The summed E-state index contributed by atoms with van der Waals surface area (Å²) in [6.45, 7) is 1.65. The summed E-state index contributed by atoms with van der Waals surface area (Å²) >= 11 is 0. The van der Waals surface area contributed by atoms with E-state index in [0.717, 1.165) is 0 Å². The molecule has 1 aromatic carbocycles. The van der Waals surface area contributed by atoms with E-state index in [9.17, 15) is 14.7 Å². The molecule has 2 aromatic rings. The summed E-state index contributed by atoms with van der Waals surface area (Å²) < 4.78 is 15.7. The van der Waals surface area contributed by atoms with E-state index < -0.39 is 17.6 Å². The first-order valence-electron chi connectivity index (χ1n) is 6.86. The third-order valence-electron chi connectivity index (χ3n) is 3.74. The molecule has 1 aliphatic rings. The van der Waals surface area contributed by atoms with Crippen LogP contribution in [0.25, 0.3) is 0 Å². The third kappa shape index (κ3) is 2.21. The van der Waals surface area contributed by atoms with Crippen molar-refractivity contribution >= 4 is 5.97 Å². The van der Waals surface area contributed by atoms with Crippen LogP contribution in [0.5, 0.6) is 17.2 Å². The zero-order valence-electron chi connectivity index (χ0n) is 12.8. The Kier molecular flexibility index (Phi) is 3.48. The fourth-order valence-corrected chi connectivity index (χ4v) is 2.75. The molecular formula is C16H15NO6. The lowest BCUT2D eigenvalue weighted by Crippen LogP contribution is -2.18. The van der Waals surface area contributed by atoms with Crippen molar-refractivity contribution in [3.63, 3.8) is 0 Å². The average Bonchev–Trinajstić information content (AvgIpc) is 2.82. The van der Waals surface area contributed by atoms with Crippen molar-refractivity contribution in [2.45, 2.75) is 13.0 Å². The molecule has 0 radical (unpaired) electrons. The zero-order valence-corrected chi connectivity index (χ0v) is 12.8. The van der Waals surface area contributed by atoms with Crippen molar-refractivity contribution in [1.82, 2.24) is 4.98 Å². The standard InChI is InChI=1S/C16H15NO6/c1-7-6-9(18)12(15(19)17-7)13-8-4-5-10(21-2)14(22-3)11(8)16(20)23-13/h4-6,13H,1-3H3,(H2,17,18,19). The number of carbonyl (C=O) groups is 1. The number of ether oxygens (including phenoxy) is 3. The van der Waals surface area contributed by atoms with Crippen LogP contribution in [-0.2, 0) is 4.74 Å². The molecule has 0 saturated heterocycles. The number of carbonyl (C=O) groups excluding carboxylic acids is 1. The van der Waals surface area contributed by atoms with Crippen LogP contribution < -0.4 is 15.0 Å². The lowest BCUT2D eigenvalue weighted by atomic mass is 9.98. The number of esters is 1. The molecule has 1 unspecified atom stereocenters. The van der Waals surface area contributed by atoms with Gasteiger partial charge in [-0.15, -0.1) is 0 Å². The molecule has 120 valence electrons. The molecule has 2 heterocycles. The summed E-state index contributed by atoms with van der Waals surface area (Å²) in [6, 6.07) is 4.64. The molecule has 1 aliphatic heterocycles. The quantitative estimate of drug-likeness (QED) is 0.836. The Labute approximate surface area is 131 Å². The number of aromatic nitrogens is 1. The lowest BCUT2D eigenvalue weighted by molar-refractivity contribution is 0.0448. The lowest BCUT2D eigenvalue weighted by Gasteiger charge is -2.13. The summed E-state index contributed by atoms with van der Waals surface area (Å²) in [5, 5.41) is 10.1. The highest BCUT2D eigenvalue weighted by Crippen LogP contribution is 2.44. The molecular weight excluding hydrogens is 302 g/mol. The summed E-state index contributed by atoms with van der Waals surface area (Å²) in [7, 11) is 2.87. The maximum Gasteiger partial charge on any atom is 0.343 e. The Hall–Kier alpha value is -2.96. The number of cyclic esters (lactones) is 1. The van der Waals surface area contributed by atoms with Gasteiger partial charge < -0.3 is 24.3 Å². The summed E-state index contributed by atoms with van der Waals surface area (Å²) in [4.78, 5) is 27.0. The van der Waals surface area contributed by atoms with Crippen molar-refractivity contribution in [3.8, 4) is 17.2 Å². The van der Waals surface area contributed by atoms with Crippen LogP contribution in [-0.4, -0.2) is 30.3 Å². The Balaban J connectivity index is 2.23. The molecule has 1 atom stereocenters. The topological polar surface area (TPSA) is 97.8 Å². The van der Waals surface area contributed by atoms with E-state index >= 15 is 0 Å². The SMILES string of the molecule is COc1ccc2c(c1OC)C(=O)OC2c1c(O)cc(C)[nH]c1=O. The third-order valence-corrected chi connectivity index (χ3v) is 3.74. The molecule has 0 fully saturated rings. The number of benzene rings is 1. The number of methoxy groups -OCH3 is 2. The second-order valence-electron chi connectivity index (χ2n) is 5.13. The summed E-state index contributed by atoms with van der Waals surface area (Å²) in [5.74, 6) is -0.252. The van der Waals surface area contributed by atoms with E-state index in [0.29, 0.717) is 17.0 Å². The maximum atomic E-state index is 12.2. The van der Waals surface area contributed by atoms with Gasteiger partial charge in [-0.3, -0.25) is 4.79 Å². The second kappa shape index (κ2) is 5.35. The smallest absolute Gasteiger partial charge is 0.343 e. The van der Waals surface area contributed by atoms with E-state index in [-0.39, 0.29) is 22.6 Å². The van der Waals surface area contributed by atoms with Crippen LogP contribution in [0, 0.1) is 6.92 Å². The molecule has 7 nitrogen and oxygen atoms in total. The van der Waals surface area contributed by atoms with Gasteiger partial charge in [0, 0.05) is 11.3 Å². The van der Waals surface area contributed by atoms with Gasteiger partial charge in [0.25, 0.3) is 5.56 Å². The Morgan fingerprint density at radius 1 is 1.22 bits per heavy atom. The van der Waals surface area contributed by atoms with Crippen molar-refractivity contribution in [2.75, 3.05) is 14.2 Å². The monoisotopic (exact) mass is 317 g/mol. The number of rotatable bonds is 3. The van der Waals surface area contributed by atoms with Gasteiger partial charge in [-0.2, -0.15) is 0 Å². The molecule has 7 heteroatoms. The van der Waals surface area contributed by atoms with Gasteiger partial charge in [0.15, 0.2) is 17.6 Å². The van der Waals surface area contributed by atoms with Gasteiger partial charge in [0.1, 0.15) is 16.9 Å². The first-order chi connectivity index (χ1) is 11.0. The van der Waals surface area contributed by atoms with Crippen LogP contribution in [0.3, 0.4) is 0 Å². The second-order valence-corrected chi connectivity index (χ2v) is 5.13. The molecule has 23 heavy (non-hydrogen) atoms. The molecule has 1 aromatic heterocycles. The number of pyridine rings is 1. The highest BCUT2D eigenvalue weighted by molar-refractivity contribution is 5.98. The number of aromatic amines is 1. The predicted molar refractivity (Wildman–Crippen MR) is 80.3 cm³/mol. The molecule has 0 spiro atoms. The van der Waals surface area contributed by atoms with E-state index in [2.05, 4.69) is 4.98 Å². The van der Waals surface area contributed by atoms with Crippen LogP contribution in [0.2, 0.25) is 0 Å². The number of hydrogen-bond acceptors (Lipinski definition) is 6. The first-order valence-corrected chi connectivity index (χ1v) is 6.86. The van der Waals surface area contributed by atoms with Gasteiger partial charge in [-0.25, -0.2) is 4.79 Å². The number of nitrogens with one attached hydrogen (secondary N) is 1. The predicted octanol–water partition coefficient (Wildman–Crippen LogP) is 1.67. The summed E-state index contributed by atoms with van der Waals surface area (Å²) in [5.41, 5.74) is 0.611. The van der Waals surface area contributed by atoms with E-state index in [1.807, 2.05) is 0 Å². The number of aromatic hydroxyl groups is 1. The fraction of sp³-hybridized carbons (Fsp3) is 0.250. The summed E-state index contributed by atoms with van der Waals surface area (Å²) in [6.07, 6.45) is -0.998. The number of hydrogen-bond donors (Lipinski definition) is 2. The molecule has 3 rings (SSSR count). The molecule has 0 bridgehead atoms. The van der Waals surface area contributed by atoms with Crippen molar-refractivity contribution < 1.29 is 24.1 Å². The minimum Gasteiger partial charge on any atom is -0.507 e. The fourth-order valence-electron chi connectivity index (χ4n) is 2.75. The Morgan fingerprint density at radius 2 is 1.96 bits per heavy atom.